The van der Waals surface area contributed by atoms with Gasteiger partial charge in [0.2, 0.25) is 0 Å². The average molecular weight is 283 g/mol. The largest absolute Gasteiger partial charge is 0.366 e. The van der Waals surface area contributed by atoms with Crippen LogP contribution in [0.4, 0.5) is 11.4 Å². The highest BCUT2D eigenvalue weighted by atomic mass is 35.5. The number of nitro benzene ring substituents is 1. The van der Waals surface area contributed by atoms with Crippen molar-refractivity contribution in [3.8, 4) is 0 Å². The number of Topliss-reactive ketones (excluding diaryl/α,β-unsaturated/α-hetero) is 1. The monoisotopic (exact) mass is 282 g/mol. The van der Waals surface area contributed by atoms with Crippen molar-refractivity contribution >= 4 is 28.8 Å². The Morgan fingerprint density at radius 3 is 2.58 bits per heavy atom. The van der Waals surface area contributed by atoms with Crippen LogP contribution in [0.25, 0.3) is 0 Å². The van der Waals surface area contributed by atoms with Gasteiger partial charge in [-0.2, -0.15) is 0 Å². The predicted octanol–water partition coefficient (Wildman–Crippen LogP) is 3.05. The van der Waals surface area contributed by atoms with Crippen LogP contribution >= 0.6 is 11.6 Å². The van der Waals surface area contributed by atoms with Crippen LogP contribution in [-0.2, 0) is 4.79 Å². The van der Waals surface area contributed by atoms with Crippen molar-refractivity contribution in [3.63, 3.8) is 0 Å². The lowest BCUT2D eigenvalue weighted by molar-refractivity contribution is -0.384. The van der Waals surface area contributed by atoms with Gasteiger partial charge in [-0.05, 0) is 31.9 Å². The van der Waals surface area contributed by atoms with Crippen molar-refractivity contribution in [3.05, 3.63) is 33.3 Å². The smallest absolute Gasteiger partial charge is 0.294 e. The summed E-state index contributed by atoms with van der Waals surface area (Å²) in [5, 5.41) is 11.4. The number of rotatable bonds is 3. The highest BCUT2D eigenvalue weighted by molar-refractivity contribution is 6.30. The van der Waals surface area contributed by atoms with E-state index in [0.29, 0.717) is 23.8 Å². The fraction of sp³-hybridized carbons (Fsp3) is 0.462. The van der Waals surface area contributed by atoms with Crippen molar-refractivity contribution < 1.29 is 9.72 Å². The summed E-state index contributed by atoms with van der Waals surface area (Å²) in [4.78, 5) is 23.9. The van der Waals surface area contributed by atoms with Gasteiger partial charge in [-0.15, -0.1) is 0 Å². The molecule has 1 heterocycles. The van der Waals surface area contributed by atoms with Crippen molar-refractivity contribution in [2.75, 3.05) is 18.0 Å². The molecule has 0 bridgehead atoms. The lowest BCUT2D eigenvalue weighted by Gasteiger charge is -2.32. The third kappa shape index (κ3) is 3.04. The first-order valence-corrected chi connectivity index (χ1v) is 6.56. The molecular formula is C13H15ClN2O3. The molecule has 1 aromatic carbocycles. The van der Waals surface area contributed by atoms with Gasteiger partial charge < -0.3 is 4.90 Å². The summed E-state index contributed by atoms with van der Waals surface area (Å²) < 4.78 is 0. The molecule has 1 saturated heterocycles. The fourth-order valence-corrected chi connectivity index (χ4v) is 2.60. The molecule has 0 amide bonds. The number of carbonyl (C=O) groups is 1. The Morgan fingerprint density at radius 2 is 2.05 bits per heavy atom. The van der Waals surface area contributed by atoms with E-state index in [1.54, 1.807) is 19.1 Å². The van der Waals surface area contributed by atoms with E-state index in [1.807, 2.05) is 4.90 Å². The Morgan fingerprint density at radius 1 is 1.42 bits per heavy atom. The summed E-state index contributed by atoms with van der Waals surface area (Å²) in [5.41, 5.74) is 0.602. The van der Waals surface area contributed by atoms with Gasteiger partial charge in [0.1, 0.15) is 11.5 Å². The molecule has 102 valence electrons. The van der Waals surface area contributed by atoms with Crippen LogP contribution in [0.5, 0.6) is 0 Å². The molecular weight excluding hydrogens is 268 g/mol. The number of hydrogen-bond donors (Lipinski definition) is 0. The molecule has 5 nitrogen and oxygen atoms in total. The van der Waals surface area contributed by atoms with E-state index < -0.39 is 4.92 Å². The number of halogens is 1. The zero-order chi connectivity index (χ0) is 14.0. The Kier molecular flexibility index (Phi) is 4.04. The summed E-state index contributed by atoms with van der Waals surface area (Å²) in [6.07, 6.45) is 1.49. The van der Waals surface area contributed by atoms with E-state index in [1.165, 1.54) is 6.07 Å². The standard InChI is InChI=1S/C13H15ClN2O3/c1-9(17)10-4-6-15(7-5-10)12-3-2-11(14)8-13(12)16(18)19/h2-3,8,10H,4-7H2,1H3. The van der Waals surface area contributed by atoms with E-state index in [9.17, 15) is 14.9 Å². The predicted molar refractivity (Wildman–Crippen MR) is 73.7 cm³/mol. The Labute approximate surface area is 116 Å². The molecule has 0 saturated carbocycles. The zero-order valence-corrected chi connectivity index (χ0v) is 11.4. The van der Waals surface area contributed by atoms with Crippen LogP contribution in [0.1, 0.15) is 19.8 Å². The Balaban J connectivity index is 2.20. The molecule has 0 unspecified atom stereocenters. The van der Waals surface area contributed by atoms with Gasteiger partial charge in [-0.3, -0.25) is 14.9 Å². The number of anilines is 1. The number of ketones is 1. The van der Waals surface area contributed by atoms with Gasteiger partial charge in [-0.1, -0.05) is 11.6 Å². The topological polar surface area (TPSA) is 63.5 Å². The van der Waals surface area contributed by atoms with Crippen LogP contribution in [0.3, 0.4) is 0 Å². The van der Waals surface area contributed by atoms with Gasteiger partial charge in [0.25, 0.3) is 5.69 Å². The highest BCUT2D eigenvalue weighted by Crippen LogP contribution is 2.33. The molecule has 0 N–H and O–H groups in total. The number of hydrogen-bond acceptors (Lipinski definition) is 4. The lowest BCUT2D eigenvalue weighted by atomic mass is 9.93. The van der Waals surface area contributed by atoms with Crippen molar-refractivity contribution in [1.82, 2.24) is 0 Å². The second-order valence-electron chi connectivity index (χ2n) is 4.76. The second-order valence-corrected chi connectivity index (χ2v) is 5.20. The maximum absolute atomic E-state index is 11.3. The van der Waals surface area contributed by atoms with E-state index in [4.69, 9.17) is 11.6 Å². The van der Waals surface area contributed by atoms with E-state index >= 15 is 0 Å². The van der Waals surface area contributed by atoms with Gasteiger partial charge in [0.05, 0.1) is 4.92 Å². The van der Waals surface area contributed by atoms with Crippen LogP contribution in [0.15, 0.2) is 18.2 Å². The molecule has 1 aliphatic heterocycles. The first kappa shape index (κ1) is 13.8. The highest BCUT2D eigenvalue weighted by Gasteiger charge is 2.26. The molecule has 19 heavy (non-hydrogen) atoms. The van der Waals surface area contributed by atoms with E-state index in [-0.39, 0.29) is 17.4 Å². The minimum atomic E-state index is -0.418. The molecule has 0 spiro atoms. The van der Waals surface area contributed by atoms with Gasteiger partial charge in [0.15, 0.2) is 0 Å². The molecule has 2 rings (SSSR count). The average Bonchev–Trinajstić information content (AvgIpc) is 2.38. The normalized spacial score (nSPS) is 16.4. The maximum atomic E-state index is 11.3. The summed E-state index contributed by atoms with van der Waals surface area (Å²) >= 11 is 5.80. The number of nitro groups is 1. The molecule has 0 aromatic heterocycles. The van der Waals surface area contributed by atoms with E-state index in [0.717, 1.165) is 12.8 Å². The SMILES string of the molecule is CC(=O)C1CCN(c2ccc(Cl)cc2[N+](=O)[O-])CC1. The Bertz CT molecular complexity index is 511. The quantitative estimate of drug-likeness (QED) is 0.631. The van der Waals surface area contributed by atoms with Crippen molar-refractivity contribution in [2.45, 2.75) is 19.8 Å². The molecule has 1 aliphatic rings. The van der Waals surface area contributed by atoms with Gasteiger partial charge >= 0.3 is 0 Å². The van der Waals surface area contributed by atoms with Crippen LogP contribution < -0.4 is 4.90 Å². The summed E-state index contributed by atoms with van der Waals surface area (Å²) in [5.74, 6) is 0.285. The number of benzene rings is 1. The molecule has 0 aliphatic carbocycles. The van der Waals surface area contributed by atoms with Crippen LogP contribution in [-0.4, -0.2) is 23.8 Å². The van der Waals surface area contributed by atoms with Gasteiger partial charge in [0, 0.05) is 30.1 Å². The molecule has 0 radical (unpaired) electrons. The fourth-order valence-electron chi connectivity index (χ4n) is 2.44. The third-order valence-electron chi connectivity index (χ3n) is 3.54. The van der Waals surface area contributed by atoms with Crippen molar-refractivity contribution in [1.29, 1.82) is 0 Å². The summed E-state index contributed by atoms with van der Waals surface area (Å²) in [6, 6.07) is 4.70. The third-order valence-corrected chi connectivity index (χ3v) is 3.78. The number of nitrogens with zero attached hydrogens (tertiary/aromatic N) is 2. The lowest BCUT2D eigenvalue weighted by Crippen LogP contribution is -2.36. The van der Waals surface area contributed by atoms with Gasteiger partial charge in [-0.25, -0.2) is 0 Å². The molecule has 6 heteroatoms. The minimum Gasteiger partial charge on any atom is -0.366 e. The first-order chi connectivity index (χ1) is 8.99. The Hall–Kier alpha value is -1.62. The maximum Gasteiger partial charge on any atom is 0.294 e. The molecule has 0 atom stereocenters. The first-order valence-electron chi connectivity index (χ1n) is 6.18. The van der Waals surface area contributed by atoms with Crippen LogP contribution in [0.2, 0.25) is 5.02 Å². The number of piperidine rings is 1. The molecule has 1 aromatic rings. The minimum absolute atomic E-state index is 0.0220. The van der Waals surface area contributed by atoms with Crippen molar-refractivity contribution in [2.24, 2.45) is 5.92 Å². The summed E-state index contributed by atoms with van der Waals surface area (Å²) in [6.45, 7) is 2.92. The molecule has 1 fully saturated rings. The summed E-state index contributed by atoms with van der Waals surface area (Å²) in [7, 11) is 0. The second kappa shape index (κ2) is 5.57. The van der Waals surface area contributed by atoms with Crippen LogP contribution in [0, 0.1) is 16.0 Å². The van der Waals surface area contributed by atoms with E-state index in [2.05, 4.69) is 0 Å². The number of carbonyl (C=O) groups excluding carboxylic acids is 1. The zero-order valence-electron chi connectivity index (χ0n) is 10.6.